The molecule has 24 heavy (non-hydrogen) atoms. The van der Waals surface area contributed by atoms with Gasteiger partial charge >= 0.3 is 0 Å². The lowest BCUT2D eigenvalue weighted by Crippen LogP contribution is -2.26. The molecular weight excluding hydrogens is 326 g/mol. The van der Waals surface area contributed by atoms with Crippen molar-refractivity contribution in [3.8, 4) is 5.75 Å². The van der Waals surface area contributed by atoms with Crippen molar-refractivity contribution in [3.63, 3.8) is 0 Å². The van der Waals surface area contributed by atoms with Crippen LogP contribution in [0.15, 0.2) is 47.3 Å². The standard InChI is InChI=1S/C17H17N3O3S/c1-24-8-7-19-17(21)14-10-23-16(20-14)11-22-15-4-2-3-12-9-18-6-5-13(12)15/h2-6,9-10H,7-8,11H2,1H3,(H,19,21). The van der Waals surface area contributed by atoms with Crippen molar-refractivity contribution in [1.29, 1.82) is 0 Å². The van der Waals surface area contributed by atoms with Gasteiger partial charge in [0.15, 0.2) is 12.3 Å². The molecule has 0 aliphatic carbocycles. The first-order valence-electron chi connectivity index (χ1n) is 7.45. The number of ether oxygens (including phenoxy) is 1. The molecule has 6 nitrogen and oxygen atoms in total. The number of nitrogens with one attached hydrogen (secondary N) is 1. The first-order valence-corrected chi connectivity index (χ1v) is 8.84. The summed E-state index contributed by atoms with van der Waals surface area (Å²) in [6.07, 6.45) is 6.84. The summed E-state index contributed by atoms with van der Waals surface area (Å²) in [4.78, 5) is 20.1. The van der Waals surface area contributed by atoms with Gasteiger partial charge in [-0.25, -0.2) is 4.98 Å². The van der Waals surface area contributed by atoms with E-state index in [9.17, 15) is 4.79 Å². The summed E-state index contributed by atoms with van der Waals surface area (Å²) >= 11 is 1.67. The smallest absolute Gasteiger partial charge is 0.273 e. The second-order valence-corrected chi connectivity index (χ2v) is 6.00. The minimum atomic E-state index is -0.240. The van der Waals surface area contributed by atoms with Crippen LogP contribution in [0.3, 0.4) is 0 Å². The number of thioether (sulfide) groups is 1. The second-order valence-electron chi connectivity index (χ2n) is 5.02. The second kappa shape index (κ2) is 7.83. The minimum Gasteiger partial charge on any atom is -0.483 e. The van der Waals surface area contributed by atoms with E-state index >= 15 is 0 Å². The molecule has 1 N–H and O–H groups in total. The number of hydrogen-bond donors (Lipinski definition) is 1. The lowest BCUT2D eigenvalue weighted by Gasteiger charge is -2.06. The van der Waals surface area contributed by atoms with Crippen molar-refractivity contribution in [1.82, 2.24) is 15.3 Å². The summed E-state index contributed by atoms with van der Waals surface area (Å²) in [5.74, 6) is 1.70. The van der Waals surface area contributed by atoms with Crippen molar-refractivity contribution in [2.24, 2.45) is 0 Å². The van der Waals surface area contributed by atoms with E-state index in [1.165, 1.54) is 6.26 Å². The summed E-state index contributed by atoms with van der Waals surface area (Å²) in [6, 6.07) is 7.64. The van der Waals surface area contributed by atoms with Gasteiger partial charge in [-0.2, -0.15) is 11.8 Å². The Morgan fingerprint density at radius 3 is 3.17 bits per heavy atom. The van der Waals surface area contributed by atoms with Crippen LogP contribution < -0.4 is 10.1 Å². The highest BCUT2D eigenvalue weighted by atomic mass is 32.2. The number of amides is 1. The zero-order chi connectivity index (χ0) is 16.8. The predicted octanol–water partition coefficient (Wildman–Crippen LogP) is 2.89. The van der Waals surface area contributed by atoms with Gasteiger partial charge in [-0.15, -0.1) is 0 Å². The fourth-order valence-corrected chi connectivity index (χ4v) is 2.50. The molecule has 0 aliphatic rings. The number of aromatic nitrogens is 2. The van der Waals surface area contributed by atoms with E-state index in [4.69, 9.17) is 9.15 Å². The molecular formula is C17H17N3O3S. The summed E-state index contributed by atoms with van der Waals surface area (Å²) < 4.78 is 11.1. The van der Waals surface area contributed by atoms with Gasteiger partial charge in [-0.05, 0) is 18.4 Å². The van der Waals surface area contributed by atoms with Gasteiger partial charge < -0.3 is 14.5 Å². The van der Waals surface area contributed by atoms with E-state index < -0.39 is 0 Å². The van der Waals surface area contributed by atoms with E-state index in [0.717, 1.165) is 22.3 Å². The molecule has 7 heteroatoms. The number of hydrogen-bond acceptors (Lipinski definition) is 6. The molecule has 0 fully saturated rings. The van der Waals surface area contributed by atoms with Crippen LogP contribution in [0.1, 0.15) is 16.4 Å². The number of pyridine rings is 1. The summed E-state index contributed by atoms with van der Waals surface area (Å²) in [5.41, 5.74) is 0.261. The third-order valence-corrected chi connectivity index (χ3v) is 3.98. The third kappa shape index (κ3) is 3.86. The van der Waals surface area contributed by atoms with Crippen molar-refractivity contribution in [2.45, 2.75) is 6.61 Å². The van der Waals surface area contributed by atoms with E-state index in [1.807, 2.05) is 30.5 Å². The first kappa shape index (κ1) is 16.3. The molecule has 3 aromatic rings. The summed E-state index contributed by atoms with van der Waals surface area (Å²) in [5, 5.41) is 4.74. The zero-order valence-electron chi connectivity index (χ0n) is 13.2. The molecule has 0 radical (unpaired) electrons. The highest BCUT2D eigenvalue weighted by Crippen LogP contribution is 2.25. The summed E-state index contributed by atoms with van der Waals surface area (Å²) in [7, 11) is 0. The topological polar surface area (TPSA) is 77.2 Å². The maximum absolute atomic E-state index is 11.9. The average Bonchev–Trinajstić information content (AvgIpc) is 3.09. The van der Waals surface area contributed by atoms with E-state index in [1.54, 1.807) is 24.2 Å². The van der Waals surface area contributed by atoms with Crippen molar-refractivity contribution in [3.05, 3.63) is 54.5 Å². The zero-order valence-corrected chi connectivity index (χ0v) is 14.0. The SMILES string of the molecule is CSCCNC(=O)c1coc(COc2cccc3cnccc23)n1. The largest absolute Gasteiger partial charge is 0.483 e. The predicted molar refractivity (Wildman–Crippen MR) is 93.3 cm³/mol. The molecule has 3 rings (SSSR count). The van der Waals surface area contributed by atoms with Crippen LogP contribution in [0.2, 0.25) is 0 Å². The molecule has 0 unspecified atom stereocenters. The molecule has 0 atom stereocenters. The van der Waals surface area contributed by atoms with Crippen LogP contribution in [-0.4, -0.2) is 34.4 Å². The monoisotopic (exact) mass is 343 g/mol. The normalized spacial score (nSPS) is 10.7. The number of carbonyl (C=O) groups excluding carboxylic acids is 1. The van der Waals surface area contributed by atoms with E-state index in [-0.39, 0.29) is 18.2 Å². The number of carbonyl (C=O) groups is 1. The van der Waals surface area contributed by atoms with Crippen LogP contribution in [-0.2, 0) is 6.61 Å². The Balaban J connectivity index is 1.64. The number of nitrogens with zero attached hydrogens (tertiary/aromatic N) is 2. The van der Waals surface area contributed by atoms with Crippen molar-refractivity contribution < 1.29 is 13.9 Å². The maximum Gasteiger partial charge on any atom is 0.273 e. The van der Waals surface area contributed by atoms with Gasteiger partial charge in [-0.1, -0.05) is 12.1 Å². The van der Waals surface area contributed by atoms with E-state index in [0.29, 0.717) is 12.4 Å². The van der Waals surface area contributed by atoms with Crippen LogP contribution in [0.4, 0.5) is 0 Å². The molecule has 0 saturated heterocycles. The Labute approximate surface area is 143 Å². The molecule has 1 amide bonds. The Morgan fingerprint density at radius 2 is 2.29 bits per heavy atom. The number of rotatable bonds is 7. The highest BCUT2D eigenvalue weighted by Gasteiger charge is 2.12. The fourth-order valence-electron chi connectivity index (χ4n) is 2.20. The van der Waals surface area contributed by atoms with Gasteiger partial charge in [0.2, 0.25) is 5.89 Å². The molecule has 1 aromatic carbocycles. The van der Waals surface area contributed by atoms with Gasteiger partial charge in [-0.3, -0.25) is 9.78 Å². The molecule has 0 spiro atoms. The Morgan fingerprint density at radius 1 is 1.38 bits per heavy atom. The van der Waals surface area contributed by atoms with Gasteiger partial charge in [0.1, 0.15) is 12.0 Å². The third-order valence-electron chi connectivity index (χ3n) is 3.37. The number of fused-ring (bicyclic) bond motifs is 1. The number of oxazole rings is 1. The van der Waals surface area contributed by atoms with Gasteiger partial charge in [0.05, 0.1) is 0 Å². The lowest BCUT2D eigenvalue weighted by molar-refractivity contribution is 0.0951. The molecule has 0 aliphatic heterocycles. The quantitative estimate of drug-likeness (QED) is 0.665. The Kier molecular flexibility index (Phi) is 5.32. The molecule has 2 aromatic heterocycles. The molecule has 124 valence electrons. The average molecular weight is 343 g/mol. The van der Waals surface area contributed by atoms with Crippen LogP contribution in [0.25, 0.3) is 10.8 Å². The lowest BCUT2D eigenvalue weighted by atomic mass is 10.1. The fraction of sp³-hybridized carbons (Fsp3) is 0.235. The number of benzene rings is 1. The maximum atomic E-state index is 11.9. The summed E-state index contributed by atoms with van der Waals surface area (Å²) in [6.45, 7) is 0.752. The van der Waals surface area contributed by atoms with Crippen LogP contribution in [0, 0.1) is 0 Å². The van der Waals surface area contributed by atoms with Gasteiger partial charge in [0.25, 0.3) is 5.91 Å². The van der Waals surface area contributed by atoms with Crippen LogP contribution in [0.5, 0.6) is 5.75 Å². The van der Waals surface area contributed by atoms with E-state index in [2.05, 4.69) is 15.3 Å². The minimum absolute atomic E-state index is 0.152. The highest BCUT2D eigenvalue weighted by molar-refractivity contribution is 7.98. The van der Waals surface area contributed by atoms with Crippen LogP contribution >= 0.6 is 11.8 Å². The molecule has 0 bridgehead atoms. The van der Waals surface area contributed by atoms with Gasteiger partial charge in [0, 0.05) is 35.5 Å². The molecule has 2 heterocycles. The molecule has 0 saturated carbocycles. The Hall–Kier alpha value is -2.54. The van der Waals surface area contributed by atoms with Crippen molar-refractivity contribution >= 4 is 28.4 Å². The first-order chi connectivity index (χ1) is 11.8. The van der Waals surface area contributed by atoms with Crippen molar-refractivity contribution in [2.75, 3.05) is 18.6 Å². The Bertz CT molecular complexity index is 829.